The van der Waals surface area contributed by atoms with E-state index in [1.807, 2.05) is 61.5 Å². The van der Waals surface area contributed by atoms with Crippen molar-refractivity contribution in [1.82, 2.24) is 24.5 Å². The Hall–Kier alpha value is -4.63. The maximum atomic E-state index is 14.3. The molecule has 1 atom stereocenters. The van der Waals surface area contributed by atoms with Gasteiger partial charge < -0.3 is 10.1 Å². The third kappa shape index (κ3) is 4.09. The number of fused-ring (bicyclic) bond motifs is 2. The zero-order valence-electron chi connectivity index (χ0n) is 20.1. The normalized spacial score (nSPS) is 12.1. The van der Waals surface area contributed by atoms with Gasteiger partial charge in [0, 0.05) is 23.1 Å². The molecule has 0 aliphatic carbocycles. The summed E-state index contributed by atoms with van der Waals surface area (Å²) < 4.78 is 7.14. The lowest BCUT2D eigenvalue weighted by molar-refractivity contribution is 0.413. The molecular formula is C28H22N6O2S. The minimum atomic E-state index is -0.265. The molecule has 4 aromatic heterocycles. The van der Waals surface area contributed by atoms with Gasteiger partial charge in [-0.25, -0.2) is 15.0 Å². The fourth-order valence-electron chi connectivity index (χ4n) is 4.54. The smallest absolute Gasteiger partial charge is 0.263 e. The van der Waals surface area contributed by atoms with Crippen molar-refractivity contribution in [3.05, 3.63) is 101 Å². The summed E-state index contributed by atoms with van der Waals surface area (Å²) in [7, 11) is 1.60. The first-order valence-electron chi connectivity index (χ1n) is 11.7. The standard InChI is InChI=1S/C28H22N6O2S/c1-17(33-26-25-27(31-15-30-26)37-16-32-25)23-12-18-7-6-10-22(19-11-21(36-2)14-29-13-19)24(18)28(35)34(23)20-8-4-3-5-9-20/h3-17H,1-2H3,(H,30,31,33)/t17-/m0/s1. The fraction of sp³-hybridized carbons (Fsp3) is 0.107. The van der Waals surface area contributed by atoms with Gasteiger partial charge in [0.15, 0.2) is 5.82 Å². The summed E-state index contributed by atoms with van der Waals surface area (Å²) >= 11 is 1.46. The molecule has 0 saturated heterocycles. The van der Waals surface area contributed by atoms with Crippen molar-refractivity contribution < 1.29 is 4.74 Å². The van der Waals surface area contributed by atoms with Crippen LogP contribution in [0.4, 0.5) is 5.82 Å². The van der Waals surface area contributed by atoms with Crippen molar-refractivity contribution in [3.8, 4) is 22.6 Å². The molecule has 0 unspecified atom stereocenters. The highest BCUT2D eigenvalue weighted by Crippen LogP contribution is 2.32. The summed E-state index contributed by atoms with van der Waals surface area (Å²) in [6, 6.07) is 19.2. The summed E-state index contributed by atoms with van der Waals surface area (Å²) in [5.41, 5.74) is 5.52. The third-order valence-corrected chi connectivity index (χ3v) is 7.01. The summed E-state index contributed by atoms with van der Waals surface area (Å²) in [4.78, 5) is 32.5. The monoisotopic (exact) mass is 506 g/mol. The molecule has 6 aromatic rings. The van der Waals surface area contributed by atoms with E-state index in [4.69, 9.17) is 4.74 Å². The van der Waals surface area contributed by atoms with E-state index in [9.17, 15) is 4.79 Å². The summed E-state index contributed by atoms with van der Waals surface area (Å²) in [5.74, 6) is 1.26. The van der Waals surface area contributed by atoms with Crippen LogP contribution in [0.15, 0.2) is 89.7 Å². The number of hydrogen-bond donors (Lipinski definition) is 1. The molecule has 0 fully saturated rings. The molecule has 37 heavy (non-hydrogen) atoms. The Labute approximate surface area is 216 Å². The molecule has 2 aromatic carbocycles. The minimum Gasteiger partial charge on any atom is -0.495 e. The van der Waals surface area contributed by atoms with Gasteiger partial charge in [-0.05, 0) is 42.1 Å². The maximum absolute atomic E-state index is 14.3. The van der Waals surface area contributed by atoms with E-state index in [0.29, 0.717) is 22.5 Å². The first kappa shape index (κ1) is 22.8. The van der Waals surface area contributed by atoms with Gasteiger partial charge in [-0.1, -0.05) is 36.4 Å². The van der Waals surface area contributed by atoms with E-state index in [-0.39, 0.29) is 11.6 Å². The van der Waals surface area contributed by atoms with E-state index in [1.54, 1.807) is 29.6 Å². The predicted molar refractivity (Wildman–Crippen MR) is 147 cm³/mol. The van der Waals surface area contributed by atoms with Gasteiger partial charge in [0.2, 0.25) is 0 Å². The number of aromatic nitrogens is 5. The molecule has 0 saturated carbocycles. The van der Waals surface area contributed by atoms with Gasteiger partial charge in [-0.15, -0.1) is 11.3 Å². The van der Waals surface area contributed by atoms with Gasteiger partial charge in [-0.3, -0.25) is 14.3 Å². The maximum Gasteiger partial charge on any atom is 0.263 e. The summed E-state index contributed by atoms with van der Waals surface area (Å²) in [6.07, 6.45) is 4.92. The van der Waals surface area contributed by atoms with Gasteiger partial charge in [-0.2, -0.15) is 0 Å². The number of nitrogens with zero attached hydrogens (tertiary/aromatic N) is 5. The number of methoxy groups -OCH3 is 1. The summed E-state index contributed by atoms with van der Waals surface area (Å²) in [5, 5.41) is 4.91. The molecule has 9 heteroatoms. The Bertz CT molecular complexity index is 1800. The van der Waals surface area contributed by atoms with Crippen LogP contribution in [0.3, 0.4) is 0 Å². The number of benzene rings is 2. The molecular weight excluding hydrogens is 484 g/mol. The van der Waals surface area contributed by atoms with Crippen molar-refractivity contribution in [2.45, 2.75) is 13.0 Å². The van der Waals surface area contributed by atoms with Crippen molar-refractivity contribution in [2.24, 2.45) is 0 Å². The fourth-order valence-corrected chi connectivity index (χ4v) is 5.17. The molecule has 0 amide bonds. The zero-order valence-corrected chi connectivity index (χ0v) is 20.9. The largest absolute Gasteiger partial charge is 0.495 e. The SMILES string of the molecule is COc1cncc(-c2cccc3cc([C@H](C)Nc4ncnc5scnc45)n(-c4ccccc4)c(=O)c23)c1. The number of pyridine rings is 2. The van der Waals surface area contributed by atoms with Gasteiger partial charge in [0.1, 0.15) is 22.4 Å². The van der Waals surface area contributed by atoms with Crippen LogP contribution >= 0.6 is 11.3 Å². The molecule has 0 aliphatic rings. The Morgan fingerprint density at radius 2 is 1.86 bits per heavy atom. The van der Waals surface area contributed by atoms with Crippen molar-refractivity contribution in [1.29, 1.82) is 0 Å². The average Bonchev–Trinajstić information content (AvgIpc) is 3.43. The van der Waals surface area contributed by atoms with Crippen molar-refractivity contribution >= 4 is 38.3 Å². The molecule has 0 radical (unpaired) electrons. The van der Waals surface area contributed by atoms with Crippen LogP contribution < -0.4 is 15.6 Å². The molecule has 6 rings (SSSR count). The van der Waals surface area contributed by atoms with Crippen molar-refractivity contribution in [3.63, 3.8) is 0 Å². The van der Waals surface area contributed by atoms with Gasteiger partial charge >= 0.3 is 0 Å². The summed E-state index contributed by atoms with van der Waals surface area (Å²) in [6.45, 7) is 2.01. The molecule has 0 spiro atoms. The topological polar surface area (TPSA) is 94.8 Å². The second-order valence-corrected chi connectivity index (χ2v) is 9.36. The van der Waals surface area contributed by atoms with Crippen LogP contribution in [-0.4, -0.2) is 31.6 Å². The van der Waals surface area contributed by atoms with Crippen LogP contribution in [0.1, 0.15) is 18.7 Å². The highest BCUT2D eigenvalue weighted by atomic mass is 32.1. The van der Waals surface area contributed by atoms with E-state index in [0.717, 1.165) is 32.7 Å². The number of thiazole rings is 1. The quantitative estimate of drug-likeness (QED) is 0.313. The molecule has 8 nitrogen and oxygen atoms in total. The number of ether oxygens (including phenoxy) is 1. The number of hydrogen-bond acceptors (Lipinski definition) is 8. The number of anilines is 1. The molecule has 0 bridgehead atoms. The van der Waals surface area contributed by atoms with Crippen LogP contribution in [0.2, 0.25) is 0 Å². The number of rotatable bonds is 6. The van der Waals surface area contributed by atoms with Crippen LogP contribution in [0.25, 0.3) is 37.9 Å². The Balaban J connectivity index is 1.57. The average molecular weight is 507 g/mol. The lowest BCUT2D eigenvalue weighted by atomic mass is 9.98. The second kappa shape index (κ2) is 9.44. The first-order chi connectivity index (χ1) is 18.1. The van der Waals surface area contributed by atoms with E-state index >= 15 is 0 Å². The Morgan fingerprint density at radius 3 is 2.70 bits per heavy atom. The van der Waals surface area contributed by atoms with Crippen LogP contribution in [0, 0.1) is 0 Å². The first-order valence-corrected chi connectivity index (χ1v) is 12.6. The molecule has 1 N–H and O–H groups in total. The van der Waals surface area contributed by atoms with Crippen molar-refractivity contribution in [2.75, 3.05) is 12.4 Å². The van der Waals surface area contributed by atoms with Crippen LogP contribution in [0.5, 0.6) is 5.75 Å². The van der Waals surface area contributed by atoms with Crippen LogP contribution in [-0.2, 0) is 0 Å². The number of para-hydroxylation sites is 1. The highest BCUT2D eigenvalue weighted by Gasteiger charge is 2.20. The van der Waals surface area contributed by atoms with E-state index < -0.39 is 0 Å². The predicted octanol–water partition coefficient (Wildman–Crippen LogP) is 5.63. The number of nitrogens with one attached hydrogen (secondary N) is 1. The Morgan fingerprint density at radius 1 is 1.00 bits per heavy atom. The molecule has 182 valence electrons. The third-order valence-electron chi connectivity index (χ3n) is 6.28. The molecule has 4 heterocycles. The lowest BCUT2D eigenvalue weighted by Gasteiger charge is -2.22. The van der Waals surface area contributed by atoms with E-state index in [1.165, 1.54) is 17.7 Å². The molecule has 0 aliphatic heterocycles. The zero-order chi connectivity index (χ0) is 25.4. The van der Waals surface area contributed by atoms with E-state index in [2.05, 4.69) is 31.3 Å². The van der Waals surface area contributed by atoms with Gasteiger partial charge in [0.05, 0.1) is 30.2 Å². The van der Waals surface area contributed by atoms with Gasteiger partial charge in [0.25, 0.3) is 5.56 Å². The minimum absolute atomic E-state index is 0.118. The lowest BCUT2D eigenvalue weighted by Crippen LogP contribution is -2.26. The second-order valence-electron chi connectivity index (χ2n) is 8.52. The highest BCUT2D eigenvalue weighted by molar-refractivity contribution is 7.16. The Kier molecular flexibility index (Phi) is 5.82.